The second kappa shape index (κ2) is 7.01. The second-order valence-electron chi connectivity index (χ2n) is 4.67. The highest BCUT2D eigenvalue weighted by Gasteiger charge is 2.29. The molecule has 0 aliphatic carbocycles. The molecule has 2 unspecified atom stereocenters. The van der Waals surface area contributed by atoms with Crippen LogP contribution in [0.4, 0.5) is 4.39 Å². The van der Waals surface area contributed by atoms with Crippen molar-refractivity contribution in [1.82, 2.24) is 5.32 Å². The molecule has 1 aromatic rings. The van der Waals surface area contributed by atoms with Gasteiger partial charge in [0.05, 0.1) is 10.1 Å². The summed E-state index contributed by atoms with van der Waals surface area (Å²) in [4.78, 5) is 0.179. The van der Waals surface area contributed by atoms with Gasteiger partial charge in [-0.3, -0.25) is 0 Å². The summed E-state index contributed by atoms with van der Waals surface area (Å²) >= 11 is 0. The highest BCUT2D eigenvalue weighted by atomic mass is 32.2. The average Bonchev–Trinajstić information content (AvgIpc) is 2.39. The number of benzene rings is 1. The summed E-state index contributed by atoms with van der Waals surface area (Å²) in [5.41, 5.74) is 0. The van der Waals surface area contributed by atoms with Gasteiger partial charge < -0.3 is 5.32 Å². The normalized spacial score (nSPS) is 15.2. The summed E-state index contributed by atoms with van der Waals surface area (Å²) in [6.07, 6.45) is 1.70. The Morgan fingerprint density at radius 1 is 1.21 bits per heavy atom. The van der Waals surface area contributed by atoms with Crippen LogP contribution in [0.1, 0.15) is 33.6 Å². The van der Waals surface area contributed by atoms with E-state index in [-0.39, 0.29) is 10.9 Å². The van der Waals surface area contributed by atoms with Gasteiger partial charge in [0, 0.05) is 6.04 Å². The van der Waals surface area contributed by atoms with Crippen LogP contribution in [-0.4, -0.2) is 26.3 Å². The molecule has 19 heavy (non-hydrogen) atoms. The van der Waals surface area contributed by atoms with Crippen molar-refractivity contribution in [3.63, 3.8) is 0 Å². The molecular weight excluding hydrogens is 265 g/mol. The summed E-state index contributed by atoms with van der Waals surface area (Å²) in [6.45, 7) is 6.50. The minimum absolute atomic E-state index is 0.0880. The maximum absolute atomic E-state index is 12.9. The van der Waals surface area contributed by atoms with Crippen LogP contribution in [0.3, 0.4) is 0 Å². The largest absolute Gasteiger partial charge is 0.313 e. The summed E-state index contributed by atoms with van der Waals surface area (Å²) in [7, 11) is -3.43. The molecule has 0 saturated heterocycles. The maximum atomic E-state index is 12.9. The van der Waals surface area contributed by atoms with Crippen molar-refractivity contribution in [2.75, 3.05) is 6.54 Å². The highest BCUT2D eigenvalue weighted by Crippen LogP contribution is 2.20. The van der Waals surface area contributed by atoms with Gasteiger partial charge in [0.25, 0.3) is 0 Å². The zero-order valence-electron chi connectivity index (χ0n) is 11.7. The molecule has 0 saturated carbocycles. The van der Waals surface area contributed by atoms with Crippen molar-refractivity contribution in [2.45, 2.75) is 49.8 Å². The third-order valence-electron chi connectivity index (χ3n) is 3.29. The Labute approximate surface area is 115 Å². The Bertz CT molecular complexity index is 485. The molecule has 1 rings (SSSR count). The van der Waals surface area contributed by atoms with E-state index in [1.165, 1.54) is 24.3 Å². The smallest absolute Gasteiger partial charge is 0.182 e. The molecule has 0 spiro atoms. The Balaban J connectivity index is 2.94. The standard InChI is InChI=1S/C14H22FNO2S/c1-4-10-16-14(5-2)11(3)19(17,18)13-8-6-12(15)7-9-13/h6-9,11,14,16H,4-5,10H2,1-3H3. The van der Waals surface area contributed by atoms with E-state index >= 15 is 0 Å². The van der Waals surface area contributed by atoms with Gasteiger partial charge in [-0.25, -0.2) is 12.8 Å². The Morgan fingerprint density at radius 3 is 2.26 bits per heavy atom. The quantitative estimate of drug-likeness (QED) is 0.784. The van der Waals surface area contributed by atoms with Gasteiger partial charge in [-0.1, -0.05) is 13.8 Å². The first-order valence-electron chi connectivity index (χ1n) is 6.66. The topological polar surface area (TPSA) is 46.2 Å². The molecule has 5 heteroatoms. The number of rotatable bonds is 7. The zero-order valence-corrected chi connectivity index (χ0v) is 12.5. The SMILES string of the molecule is CCCNC(CC)C(C)S(=O)(=O)c1ccc(F)cc1. The molecule has 0 amide bonds. The predicted molar refractivity (Wildman–Crippen MR) is 75.4 cm³/mol. The minimum atomic E-state index is -3.43. The molecule has 108 valence electrons. The van der Waals surface area contributed by atoms with E-state index in [2.05, 4.69) is 5.32 Å². The highest BCUT2D eigenvalue weighted by molar-refractivity contribution is 7.92. The lowest BCUT2D eigenvalue weighted by Crippen LogP contribution is -2.42. The third kappa shape index (κ3) is 4.01. The molecule has 2 atom stereocenters. The monoisotopic (exact) mass is 287 g/mol. The van der Waals surface area contributed by atoms with Gasteiger partial charge >= 0.3 is 0 Å². The fourth-order valence-corrected chi connectivity index (χ4v) is 3.69. The molecule has 0 heterocycles. The Hall–Kier alpha value is -0.940. The van der Waals surface area contributed by atoms with Gasteiger partial charge in [-0.2, -0.15) is 0 Å². The van der Waals surface area contributed by atoms with Crippen molar-refractivity contribution in [1.29, 1.82) is 0 Å². The first-order valence-corrected chi connectivity index (χ1v) is 8.21. The van der Waals surface area contributed by atoms with Crippen molar-refractivity contribution in [2.24, 2.45) is 0 Å². The van der Waals surface area contributed by atoms with Gasteiger partial charge in [0.1, 0.15) is 5.82 Å². The van der Waals surface area contributed by atoms with E-state index in [4.69, 9.17) is 0 Å². The summed E-state index contributed by atoms with van der Waals surface area (Å²) in [5, 5.41) is 2.72. The van der Waals surface area contributed by atoms with Crippen LogP contribution in [-0.2, 0) is 9.84 Å². The second-order valence-corrected chi connectivity index (χ2v) is 6.98. The number of halogens is 1. The summed E-state index contributed by atoms with van der Waals surface area (Å²) in [5.74, 6) is -0.428. The number of hydrogen-bond donors (Lipinski definition) is 1. The lowest BCUT2D eigenvalue weighted by atomic mass is 10.1. The number of nitrogens with one attached hydrogen (secondary N) is 1. The van der Waals surface area contributed by atoms with Gasteiger partial charge in [-0.15, -0.1) is 0 Å². The fraction of sp³-hybridized carbons (Fsp3) is 0.571. The molecule has 3 nitrogen and oxygen atoms in total. The molecule has 0 aromatic heterocycles. The van der Waals surface area contributed by atoms with Crippen LogP contribution in [0.15, 0.2) is 29.2 Å². The van der Waals surface area contributed by atoms with E-state index in [9.17, 15) is 12.8 Å². The molecule has 1 N–H and O–H groups in total. The third-order valence-corrected chi connectivity index (χ3v) is 5.53. The van der Waals surface area contributed by atoms with E-state index < -0.39 is 20.9 Å². The lowest BCUT2D eigenvalue weighted by Gasteiger charge is -2.24. The van der Waals surface area contributed by atoms with Crippen LogP contribution in [0, 0.1) is 5.82 Å². The zero-order chi connectivity index (χ0) is 14.5. The minimum Gasteiger partial charge on any atom is -0.313 e. The van der Waals surface area contributed by atoms with Crippen molar-refractivity contribution in [3.05, 3.63) is 30.1 Å². The average molecular weight is 287 g/mol. The molecule has 0 fully saturated rings. The molecule has 0 bridgehead atoms. The van der Waals surface area contributed by atoms with Gasteiger partial charge in [-0.05, 0) is 50.6 Å². The maximum Gasteiger partial charge on any atom is 0.182 e. The van der Waals surface area contributed by atoms with E-state index in [1.807, 2.05) is 13.8 Å². The Kier molecular flexibility index (Phi) is 5.94. The first-order chi connectivity index (χ1) is 8.93. The summed E-state index contributed by atoms with van der Waals surface area (Å²) < 4.78 is 37.7. The van der Waals surface area contributed by atoms with Gasteiger partial charge in [0.15, 0.2) is 9.84 Å². The van der Waals surface area contributed by atoms with Crippen molar-refractivity contribution < 1.29 is 12.8 Å². The predicted octanol–water partition coefficient (Wildman–Crippen LogP) is 2.77. The lowest BCUT2D eigenvalue weighted by molar-refractivity contribution is 0.472. The van der Waals surface area contributed by atoms with Crippen LogP contribution >= 0.6 is 0 Å². The molecule has 0 aliphatic heterocycles. The molecular formula is C14H22FNO2S. The molecule has 0 radical (unpaired) electrons. The fourth-order valence-electron chi connectivity index (χ4n) is 2.03. The van der Waals surface area contributed by atoms with Crippen molar-refractivity contribution in [3.8, 4) is 0 Å². The van der Waals surface area contributed by atoms with E-state index in [0.29, 0.717) is 0 Å². The van der Waals surface area contributed by atoms with Crippen LogP contribution in [0.5, 0.6) is 0 Å². The van der Waals surface area contributed by atoms with E-state index in [0.717, 1.165) is 19.4 Å². The summed E-state index contributed by atoms with van der Waals surface area (Å²) in [6, 6.07) is 4.93. The molecule has 1 aromatic carbocycles. The Morgan fingerprint density at radius 2 is 1.79 bits per heavy atom. The van der Waals surface area contributed by atoms with Crippen LogP contribution < -0.4 is 5.32 Å². The van der Waals surface area contributed by atoms with Crippen LogP contribution in [0.25, 0.3) is 0 Å². The molecule has 0 aliphatic rings. The van der Waals surface area contributed by atoms with E-state index in [1.54, 1.807) is 6.92 Å². The van der Waals surface area contributed by atoms with Crippen LogP contribution in [0.2, 0.25) is 0 Å². The first kappa shape index (κ1) is 16.1. The number of sulfone groups is 1. The van der Waals surface area contributed by atoms with Gasteiger partial charge in [0.2, 0.25) is 0 Å². The van der Waals surface area contributed by atoms with Crippen molar-refractivity contribution >= 4 is 9.84 Å². The number of hydrogen-bond acceptors (Lipinski definition) is 3.